The van der Waals surface area contributed by atoms with Gasteiger partial charge in [-0.15, -0.1) is 0 Å². The van der Waals surface area contributed by atoms with E-state index in [0.29, 0.717) is 12.8 Å². The third-order valence-electron chi connectivity index (χ3n) is 12.2. The lowest BCUT2D eigenvalue weighted by Crippen LogP contribution is -2.30. The topological polar surface area (TPSA) is 78.9 Å². The summed E-state index contributed by atoms with van der Waals surface area (Å²) in [7, 11) is 0. The molecule has 1 atom stereocenters. The summed E-state index contributed by atoms with van der Waals surface area (Å²) in [6, 6.07) is 0. The number of carbonyl (C=O) groups excluding carboxylic acids is 3. The Hall–Kier alpha value is -4.45. The Kier molecular flexibility index (Phi) is 56.4. The van der Waals surface area contributed by atoms with Crippen LogP contribution in [0.2, 0.25) is 0 Å². The molecule has 0 rings (SSSR count). The van der Waals surface area contributed by atoms with Gasteiger partial charge in [0.25, 0.3) is 0 Å². The second-order valence-corrected chi connectivity index (χ2v) is 19.2. The number of allylic oxidation sites excluding steroid dienone is 21. The van der Waals surface area contributed by atoms with Gasteiger partial charge in [0.2, 0.25) is 0 Å². The number of esters is 3. The molecule has 412 valence electrons. The highest BCUT2D eigenvalue weighted by Gasteiger charge is 2.19. The molecule has 0 aliphatic rings. The van der Waals surface area contributed by atoms with Gasteiger partial charge in [0.05, 0.1) is 6.42 Å². The summed E-state index contributed by atoms with van der Waals surface area (Å²) in [5.74, 6) is -1.13. The number of rotatable bonds is 52. The van der Waals surface area contributed by atoms with E-state index >= 15 is 0 Å². The summed E-state index contributed by atoms with van der Waals surface area (Å²) in [5.41, 5.74) is 0. The fourth-order valence-corrected chi connectivity index (χ4v) is 7.78. The van der Waals surface area contributed by atoms with Crippen molar-refractivity contribution < 1.29 is 28.6 Å². The quantitative estimate of drug-likeness (QED) is 0.0261. The van der Waals surface area contributed by atoms with Crippen molar-refractivity contribution >= 4 is 17.9 Å². The molecule has 0 fully saturated rings. The van der Waals surface area contributed by atoms with Crippen LogP contribution in [0.25, 0.3) is 0 Å². The van der Waals surface area contributed by atoms with Crippen molar-refractivity contribution in [2.45, 2.75) is 258 Å². The number of unbranched alkanes of at least 4 members (excludes halogenated alkanes) is 20. The van der Waals surface area contributed by atoms with Crippen molar-refractivity contribution in [1.82, 2.24) is 0 Å². The van der Waals surface area contributed by atoms with Crippen LogP contribution < -0.4 is 0 Å². The molecule has 0 aromatic rings. The molecule has 0 radical (unpaired) electrons. The highest BCUT2D eigenvalue weighted by molar-refractivity contribution is 5.72. The van der Waals surface area contributed by atoms with Crippen LogP contribution in [0.5, 0.6) is 0 Å². The zero-order chi connectivity index (χ0) is 52.9. The Morgan fingerprint density at radius 2 is 0.603 bits per heavy atom. The molecule has 0 aromatic carbocycles. The van der Waals surface area contributed by atoms with Crippen LogP contribution in [0.15, 0.2) is 134 Å². The highest BCUT2D eigenvalue weighted by Crippen LogP contribution is 2.15. The normalized spacial score (nSPS) is 13.1. The molecule has 0 saturated carbocycles. The van der Waals surface area contributed by atoms with Crippen LogP contribution in [-0.4, -0.2) is 37.2 Å². The first-order chi connectivity index (χ1) is 36.0. The van der Waals surface area contributed by atoms with E-state index in [4.69, 9.17) is 14.2 Å². The third-order valence-corrected chi connectivity index (χ3v) is 12.2. The predicted octanol–water partition coefficient (Wildman–Crippen LogP) is 20.2. The van der Waals surface area contributed by atoms with Crippen LogP contribution in [-0.2, 0) is 28.6 Å². The van der Waals surface area contributed by atoms with Gasteiger partial charge in [0, 0.05) is 12.8 Å². The Morgan fingerprint density at radius 3 is 1.01 bits per heavy atom. The Balaban J connectivity index is 4.50. The van der Waals surface area contributed by atoms with E-state index in [0.717, 1.165) is 89.9 Å². The van der Waals surface area contributed by atoms with Crippen LogP contribution in [0.4, 0.5) is 0 Å². The Labute approximate surface area is 449 Å². The monoisotopic (exact) mass is 1010 g/mol. The molecule has 0 saturated heterocycles. The molecule has 1 unspecified atom stereocenters. The average Bonchev–Trinajstić information content (AvgIpc) is 3.39. The van der Waals surface area contributed by atoms with Gasteiger partial charge in [-0.05, 0) is 109 Å². The largest absolute Gasteiger partial charge is 0.462 e. The molecule has 0 heterocycles. The minimum atomic E-state index is -0.853. The molecule has 0 aliphatic heterocycles. The van der Waals surface area contributed by atoms with E-state index < -0.39 is 18.0 Å². The van der Waals surface area contributed by atoms with Gasteiger partial charge in [-0.2, -0.15) is 0 Å². The number of hydrogen-bond donors (Lipinski definition) is 0. The van der Waals surface area contributed by atoms with Crippen molar-refractivity contribution in [3.05, 3.63) is 134 Å². The molecular formula is C67H108O6. The molecule has 0 aromatic heterocycles. The first-order valence-electron chi connectivity index (χ1n) is 29.7. The van der Waals surface area contributed by atoms with Gasteiger partial charge in [0.15, 0.2) is 6.10 Å². The fraction of sp³-hybridized carbons (Fsp3) is 0.627. The van der Waals surface area contributed by atoms with E-state index in [1.165, 1.54) is 116 Å². The average molecular weight is 1010 g/mol. The second-order valence-electron chi connectivity index (χ2n) is 19.2. The van der Waals surface area contributed by atoms with E-state index in [2.05, 4.69) is 142 Å². The van der Waals surface area contributed by atoms with E-state index in [-0.39, 0.29) is 32.0 Å². The molecular weight excluding hydrogens is 901 g/mol. The molecule has 6 nitrogen and oxygen atoms in total. The third kappa shape index (κ3) is 58.3. The molecule has 0 aliphatic carbocycles. The van der Waals surface area contributed by atoms with Gasteiger partial charge in [0.1, 0.15) is 13.2 Å². The number of hydrogen-bond acceptors (Lipinski definition) is 6. The van der Waals surface area contributed by atoms with Crippen molar-refractivity contribution in [2.24, 2.45) is 0 Å². The first kappa shape index (κ1) is 68.6. The molecule has 0 N–H and O–H groups in total. The lowest BCUT2D eigenvalue weighted by molar-refractivity contribution is -0.166. The minimum Gasteiger partial charge on any atom is -0.462 e. The maximum absolute atomic E-state index is 12.8. The van der Waals surface area contributed by atoms with Gasteiger partial charge in [-0.25, -0.2) is 0 Å². The second kappa shape index (κ2) is 60.1. The van der Waals surface area contributed by atoms with Crippen molar-refractivity contribution in [3.63, 3.8) is 0 Å². The maximum Gasteiger partial charge on any atom is 0.309 e. The summed E-state index contributed by atoms with van der Waals surface area (Å²) in [6.07, 6.45) is 84.9. The molecule has 0 amide bonds. The molecule has 0 spiro atoms. The fourth-order valence-electron chi connectivity index (χ4n) is 7.78. The zero-order valence-electron chi connectivity index (χ0n) is 47.1. The highest BCUT2D eigenvalue weighted by atomic mass is 16.6. The van der Waals surface area contributed by atoms with Gasteiger partial charge >= 0.3 is 17.9 Å². The van der Waals surface area contributed by atoms with Crippen LogP contribution >= 0.6 is 0 Å². The predicted molar refractivity (Wildman–Crippen MR) is 316 cm³/mol. The Morgan fingerprint density at radius 1 is 0.301 bits per heavy atom. The lowest BCUT2D eigenvalue weighted by atomic mass is 10.0. The van der Waals surface area contributed by atoms with Crippen LogP contribution in [0.3, 0.4) is 0 Å². The van der Waals surface area contributed by atoms with Gasteiger partial charge in [-0.3, -0.25) is 14.4 Å². The zero-order valence-corrected chi connectivity index (χ0v) is 47.1. The SMILES string of the molecule is CC/C=C\C/C=C\C/C=C\C/C=C\C/C=C\CCCC(=O)OC(COC(=O)C/C=C\C/C=C\C/C=C\C/C=C\C/C=C\CC)COC(=O)CCCCCCCCCCCCC/C=C\CCCCCCCCCC. The van der Waals surface area contributed by atoms with E-state index in [9.17, 15) is 14.4 Å². The van der Waals surface area contributed by atoms with Crippen molar-refractivity contribution in [3.8, 4) is 0 Å². The van der Waals surface area contributed by atoms with Gasteiger partial charge in [-0.1, -0.05) is 257 Å². The molecule has 6 heteroatoms. The molecule has 73 heavy (non-hydrogen) atoms. The number of carbonyl (C=O) groups is 3. The first-order valence-corrected chi connectivity index (χ1v) is 29.7. The van der Waals surface area contributed by atoms with Gasteiger partial charge < -0.3 is 14.2 Å². The summed E-state index contributed by atoms with van der Waals surface area (Å²) in [5, 5.41) is 0. The standard InChI is InChI=1S/C67H108O6/c1-4-7-10-13-16-19-22-25-28-30-31-32-33-34-35-37-39-42-45-48-51-54-57-60-66(69)72-63-64(62-71-65(68)59-56-53-50-47-44-41-38-27-24-21-18-15-12-9-6-3)73-67(70)61-58-55-52-49-46-43-40-36-29-26-23-20-17-14-11-8-5-2/h8-9,11-12,17-18,20-21,26-27,29-31,38,40,43-44,47,49,52-53,56,64H,4-7,10,13-16,19,22-25,28,32-37,39,41-42,45-46,48,50-51,54-55,57-63H2,1-3H3/b11-8-,12-9-,20-17-,21-18-,29-26-,31-30-,38-27-,43-40-,47-44-,52-49-,56-53-. The van der Waals surface area contributed by atoms with Crippen molar-refractivity contribution in [2.75, 3.05) is 13.2 Å². The lowest BCUT2D eigenvalue weighted by Gasteiger charge is -2.18. The smallest absolute Gasteiger partial charge is 0.309 e. The number of ether oxygens (including phenoxy) is 3. The maximum atomic E-state index is 12.8. The summed E-state index contributed by atoms with van der Waals surface area (Å²) in [6.45, 7) is 6.28. The summed E-state index contributed by atoms with van der Waals surface area (Å²) >= 11 is 0. The van der Waals surface area contributed by atoms with Crippen LogP contribution in [0.1, 0.15) is 252 Å². The van der Waals surface area contributed by atoms with E-state index in [1.807, 2.05) is 6.08 Å². The Bertz CT molecular complexity index is 1580. The summed E-state index contributed by atoms with van der Waals surface area (Å²) in [4.78, 5) is 38.1. The van der Waals surface area contributed by atoms with E-state index in [1.54, 1.807) is 6.08 Å². The summed E-state index contributed by atoms with van der Waals surface area (Å²) < 4.78 is 16.7. The van der Waals surface area contributed by atoms with Crippen LogP contribution in [0, 0.1) is 0 Å². The van der Waals surface area contributed by atoms with Crippen molar-refractivity contribution in [1.29, 1.82) is 0 Å². The minimum absolute atomic E-state index is 0.110. The molecule has 0 bridgehead atoms.